The predicted molar refractivity (Wildman–Crippen MR) is 152 cm³/mol. The maximum Gasteiger partial charge on any atom is 0.338 e. The maximum atomic E-state index is 13.7. The van der Waals surface area contributed by atoms with Crippen LogP contribution in [0.15, 0.2) is 60.7 Å². The molecular formula is C33H38O10. The molecule has 8 unspecified atom stereocenters. The highest BCUT2D eigenvalue weighted by molar-refractivity contribution is 5.90. The summed E-state index contributed by atoms with van der Waals surface area (Å²) in [5, 5.41) is 12.5. The highest BCUT2D eigenvalue weighted by atomic mass is 16.6. The highest BCUT2D eigenvalue weighted by Crippen LogP contribution is 2.68. The molecule has 10 nitrogen and oxygen atoms in total. The van der Waals surface area contributed by atoms with Gasteiger partial charge in [0, 0.05) is 13.8 Å². The summed E-state index contributed by atoms with van der Waals surface area (Å²) in [6.45, 7) is 9.28. The van der Waals surface area contributed by atoms with E-state index in [1.54, 1.807) is 67.6 Å². The lowest BCUT2D eigenvalue weighted by Crippen LogP contribution is -2.82. The largest absolute Gasteiger partial charge is 0.458 e. The van der Waals surface area contributed by atoms with E-state index < -0.39 is 70.5 Å². The molecule has 2 bridgehead atoms. The number of hydrogen-bond donors (Lipinski definition) is 1. The topological polar surface area (TPSA) is 135 Å². The van der Waals surface area contributed by atoms with Gasteiger partial charge in [-0.25, -0.2) is 9.59 Å². The van der Waals surface area contributed by atoms with Crippen LogP contribution in [-0.2, 0) is 33.3 Å². The number of carbonyl (C=O) groups excluding carboxylic acids is 4. The van der Waals surface area contributed by atoms with E-state index in [0.717, 1.165) is 0 Å². The second-order valence-electron chi connectivity index (χ2n) is 12.7. The fraction of sp³-hybridized carbons (Fsp3) is 0.515. The van der Waals surface area contributed by atoms with Gasteiger partial charge in [-0.15, -0.1) is 0 Å². The number of hydrogen-bond acceptors (Lipinski definition) is 10. The third-order valence-electron chi connectivity index (χ3n) is 9.65. The Labute approximate surface area is 250 Å². The second-order valence-corrected chi connectivity index (χ2v) is 12.7. The van der Waals surface area contributed by atoms with Gasteiger partial charge < -0.3 is 28.8 Å². The van der Waals surface area contributed by atoms with Crippen LogP contribution < -0.4 is 0 Å². The van der Waals surface area contributed by atoms with Gasteiger partial charge in [0.2, 0.25) is 0 Å². The van der Waals surface area contributed by atoms with Gasteiger partial charge in [0.15, 0.2) is 18.3 Å². The quantitative estimate of drug-likeness (QED) is 0.386. The molecule has 0 amide bonds. The van der Waals surface area contributed by atoms with Crippen LogP contribution in [0.4, 0.5) is 0 Å². The van der Waals surface area contributed by atoms with Gasteiger partial charge in [0.25, 0.3) is 0 Å². The van der Waals surface area contributed by atoms with E-state index in [1.807, 2.05) is 13.8 Å². The van der Waals surface area contributed by atoms with Crippen molar-refractivity contribution in [2.75, 3.05) is 0 Å². The molecule has 0 radical (unpaired) electrons. The van der Waals surface area contributed by atoms with Crippen molar-refractivity contribution in [3.63, 3.8) is 0 Å². The van der Waals surface area contributed by atoms with Gasteiger partial charge in [-0.2, -0.15) is 0 Å². The van der Waals surface area contributed by atoms with E-state index in [2.05, 4.69) is 0 Å². The highest BCUT2D eigenvalue weighted by Gasteiger charge is 2.82. The number of ether oxygens (including phenoxy) is 5. The van der Waals surface area contributed by atoms with Crippen molar-refractivity contribution < 1.29 is 48.0 Å². The van der Waals surface area contributed by atoms with E-state index in [0.29, 0.717) is 12.0 Å². The van der Waals surface area contributed by atoms with Gasteiger partial charge in [0.05, 0.1) is 22.1 Å². The lowest BCUT2D eigenvalue weighted by Gasteiger charge is -2.65. The predicted octanol–water partition coefficient (Wildman–Crippen LogP) is 4.03. The number of rotatable bonds is 6. The van der Waals surface area contributed by atoms with Crippen molar-refractivity contribution in [1.29, 1.82) is 0 Å². The Bertz CT molecular complexity index is 1400. The molecule has 2 aliphatic carbocycles. The number of benzene rings is 2. The Morgan fingerprint density at radius 2 is 1.26 bits per heavy atom. The number of esters is 4. The zero-order chi connectivity index (χ0) is 31.4. The summed E-state index contributed by atoms with van der Waals surface area (Å²) in [5.74, 6) is -3.05. The molecule has 1 heterocycles. The molecule has 0 aromatic heterocycles. The molecule has 8 atom stereocenters. The SMILES string of the molecule is CC(=O)OC1C(OC(C)=O)C(C)(O)C23CC(CC(OC(=O)c4ccccc4)C2(C)C1OC(=O)c1ccccc1)C(C)(C)O3. The van der Waals surface area contributed by atoms with E-state index in [-0.39, 0.29) is 17.9 Å². The van der Waals surface area contributed by atoms with Crippen molar-refractivity contribution >= 4 is 23.9 Å². The molecule has 230 valence electrons. The minimum atomic E-state index is -1.99. The lowest BCUT2D eigenvalue weighted by atomic mass is 9.47. The minimum absolute atomic E-state index is 0.200. The summed E-state index contributed by atoms with van der Waals surface area (Å²) in [4.78, 5) is 52.1. The van der Waals surface area contributed by atoms with Gasteiger partial charge in [-0.05, 0) is 70.7 Å². The fourth-order valence-electron chi connectivity index (χ4n) is 7.51. The Balaban J connectivity index is 1.72. The molecule has 1 aliphatic heterocycles. The third kappa shape index (κ3) is 4.90. The third-order valence-corrected chi connectivity index (χ3v) is 9.65. The molecule has 1 N–H and O–H groups in total. The Hall–Kier alpha value is -3.76. The first-order valence-electron chi connectivity index (χ1n) is 14.4. The summed E-state index contributed by atoms with van der Waals surface area (Å²) in [5.41, 5.74) is -5.34. The van der Waals surface area contributed by atoms with Crippen LogP contribution in [0.25, 0.3) is 0 Å². The number of fused-ring (bicyclic) bond motifs is 1. The second kappa shape index (κ2) is 10.7. The molecule has 1 saturated heterocycles. The van der Waals surface area contributed by atoms with Crippen LogP contribution in [0.1, 0.15) is 75.1 Å². The van der Waals surface area contributed by atoms with E-state index in [9.17, 15) is 24.3 Å². The zero-order valence-corrected chi connectivity index (χ0v) is 25.2. The lowest BCUT2D eigenvalue weighted by molar-refractivity contribution is -0.351. The standard InChI is InChI=1S/C33H38O10/c1-19(34)39-25-26(42-29(37)22-15-11-8-12-16-22)31(5)24(41-28(36)21-13-9-7-10-14-21)17-23-18-33(31,43-30(23,3)4)32(6,38)27(25)40-20(2)35/h7-16,23-27,38H,17-18H2,1-6H3. The van der Waals surface area contributed by atoms with Crippen LogP contribution in [0.3, 0.4) is 0 Å². The molecule has 10 heteroatoms. The fourth-order valence-corrected chi connectivity index (χ4v) is 7.51. The molecular weight excluding hydrogens is 556 g/mol. The van der Waals surface area contributed by atoms with Gasteiger partial charge in [-0.1, -0.05) is 36.4 Å². The molecule has 1 spiro atoms. The van der Waals surface area contributed by atoms with Crippen molar-refractivity contribution in [3.05, 3.63) is 71.8 Å². The van der Waals surface area contributed by atoms with Gasteiger partial charge in [0.1, 0.15) is 17.3 Å². The van der Waals surface area contributed by atoms with Crippen LogP contribution in [0.2, 0.25) is 0 Å². The van der Waals surface area contributed by atoms with Gasteiger partial charge >= 0.3 is 23.9 Å². The number of aliphatic hydroxyl groups is 1. The summed E-state index contributed by atoms with van der Waals surface area (Å²) >= 11 is 0. The Morgan fingerprint density at radius 3 is 1.77 bits per heavy atom. The van der Waals surface area contributed by atoms with Crippen LogP contribution in [0, 0.1) is 11.3 Å². The van der Waals surface area contributed by atoms with Crippen LogP contribution in [-0.4, -0.2) is 70.2 Å². The molecule has 3 fully saturated rings. The average Bonchev–Trinajstić information content (AvgIpc) is 3.20. The first-order chi connectivity index (χ1) is 20.1. The Morgan fingerprint density at radius 1 is 0.744 bits per heavy atom. The molecule has 3 aliphatic rings. The molecule has 43 heavy (non-hydrogen) atoms. The molecule has 2 aromatic rings. The van der Waals surface area contributed by atoms with E-state index in [1.165, 1.54) is 20.8 Å². The maximum absolute atomic E-state index is 13.7. The van der Waals surface area contributed by atoms with Crippen LogP contribution >= 0.6 is 0 Å². The zero-order valence-electron chi connectivity index (χ0n) is 25.2. The monoisotopic (exact) mass is 594 g/mol. The smallest absolute Gasteiger partial charge is 0.338 e. The normalized spacial score (nSPS) is 35.7. The first-order valence-corrected chi connectivity index (χ1v) is 14.4. The van der Waals surface area contributed by atoms with Crippen molar-refractivity contribution in [1.82, 2.24) is 0 Å². The molecule has 5 rings (SSSR count). The summed E-state index contributed by atoms with van der Waals surface area (Å²) in [6, 6.07) is 16.7. The molecule has 2 saturated carbocycles. The molecule has 2 aromatic carbocycles. The van der Waals surface area contributed by atoms with E-state index >= 15 is 0 Å². The summed E-state index contributed by atoms with van der Waals surface area (Å²) < 4.78 is 30.7. The minimum Gasteiger partial charge on any atom is -0.458 e. The summed E-state index contributed by atoms with van der Waals surface area (Å²) in [7, 11) is 0. The van der Waals surface area contributed by atoms with Crippen molar-refractivity contribution in [2.45, 2.75) is 95.6 Å². The van der Waals surface area contributed by atoms with Crippen molar-refractivity contribution in [3.8, 4) is 0 Å². The number of carbonyl (C=O) groups is 4. The Kier molecular flexibility index (Phi) is 7.67. The first kappa shape index (κ1) is 30.7. The van der Waals surface area contributed by atoms with Crippen LogP contribution in [0.5, 0.6) is 0 Å². The van der Waals surface area contributed by atoms with Crippen molar-refractivity contribution in [2.24, 2.45) is 11.3 Å². The van der Waals surface area contributed by atoms with Gasteiger partial charge in [-0.3, -0.25) is 9.59 Å². The average molecular weight is 595 g/mol. The summed E-state index contributed by atoms with van der Waals surface area (Å²) in [6.07, 6.45) is -4.73. The van der Waals surface area contributed by atoms with E-state index in [4.69, 9.17) is 23.7 Å².